The van der Waals surface area contributed by atoms with Crippen LogP contribution in [0.25, 0.3) is 0 Å². The Bertz CT molecular complexity index is 336. The normalized spacial score (nSPS) is 24.9. The molecule has 5 nitrogen and oxygen atoms in total. The molecule has 0 bridgehead atoms. The molecule has 0 radical (unpaired) electrons. The van der Waals surface area contributed by atoms with E-state index >= 15 is 0 Å². The van der Waals surface area contributed by atoms with Crippen molar-refractivity contribution in [3.05, 3.63) is 0 Å². The van der Waals surface area contributed by atoms with Gasteiger partial charge in [-0.3, -0.25) is 9.69 Å². The summed E-state index contributed by atoms with van der Waals surface area (Å²) in [6.45, 7) is 12.0. The van der Waals surface area contributed by atoms with Crippen molar-refractivity contribution in [2.24, 2.45) is 11.8 Å². The summed E-state index contributed by atoms with van der Waals surface area (Å²) in [5, 5.41) is 6.59. The molecule has 0 aliphatic carbocycles. The van der Waals surface area contributed by atoms with Crippen LogP contribution in [0.15, 0.2) is 0 Å². The van der Waals surface area contributed by atoms with E-state index in [1.54, 1.807) is 0 Å². The molecule has 2 fully saturated rings. The Labute approximate surface area is 135 Å². The van der Waals surface area contributed by atoms with Gasteiger partial charge < -0.3 is 15.5 Å². The summed E-state index contributed by atoms with van der Waals surface area (Å²) < 4.78 is 0. The van der Waals surface area contributed by atoms with Crippen molar-refractivity contribution < 1.29 is 4.79 Å². The van der Waals surface area contributed by atoms with E-state index in [9.17, 15) is 4.79 Å². The molecular formula is C17H34N4O. The van der Waals surface area contributed by atoms with Gasteiger partial charge in [0.25, 0.3) is 0 Å². The minimum Gasteiger partial charge on any atom is -0.352 e. The summed E-state index contributed by atoms with van der Waals surface area (Å²) >= 11 is 0. The number of amides is 1. The first-order valence-electron chi connectivity index (χ1n) is 8.95. The molecule has 2 atom stereocenters. The molecule has 2 aliphatic heterocycles. The fraction of sp³-hybridized carbons (Fsp3) is 0.941. The number of carbonyl (C=O) groups is 1. The third kappa shape index (κ3) is 5.86. The molecule has 5 heteroatoms. The minimum atomic E-state index is 0.229. The van der Waals surface area contributed by atoms with Gasteiger partial charge >= 0.3 is 0 Å². The van der Waals surface area contributed by atoms with Gasteiger partial charge in [0, 0.05) is 45.2 Å². The van der Waals surface area contributed by atoms with Gasteiger partial charge in [-0.05, 0) is 51.7 Å². The molecule has 2 unspecified atom stereocenters. The highest BCUT2D eigenvalue weighted by Gasteiger charge is 2.23. The standard InChI is InChI=1S/C17H34N4O/c1-14(16-4-6-18-7-5-16)12-17(22)19-15(2)13-21-10-8-20(3)9-11-21/h14-16,18H,4-13H2,1-3H3,(H,19,22). The Morgan fingerprint density at radius 2 is 1.82 bits per heavy atom. The fourth-order valence-corrected chi connectivity index (χ4v) is 3.67. The zero-order valence-electron chi connectivity index (χ0n) is 14.6. The predicted molar refractivity (Wildman–Crippen MR) is 90.9 cm³/mol. The maximum Gasteiger partial charge on any atom is 0.220 e. The second kappa shape index (κ2) is 8.85. The maximum absolute atomic E-state index is 12.2. The Kier molecular flexibility index (Phi) is 7.12. The number of nitrogens with zero attached hydrogens (tertiary/aromatic N) is 2. The second-order valence-electron chi connectivity index (χ2n) is 7.34. The smallest absolute Gasteiger partial charge is 0.220 e. The van der Waals surface area contributed by atoms with E-state index in [0.717, 1.165) is 45.8 Å². The van der Waals surface area contributed by atoms with E-state index in [2.05, 4.69) is 41.3 Å². The van der Waals surface area contributed by atoms with E-state index in [-0.39, 0.29) is 11.9 Å². The molecule has 22 heavy (non-hydrogen) atoms. The molecule has 2 saturated heterocycles. The van der Waals surface area contributed by atoms with Gasteiger partial charge in [-0.1, -0.05) is 6.92 Å². The number of hydrogen-bond donors (Lipinski definition) is 2. The van der Waals surface area contributed by atoms with Gasteiger partial charge in [0.1, 0.15) is 0 Å². The van der Waals surface area contributed by atoms with Gasteiger partial charge in [-0.2, -0.15) is 0 Å². The van der Waals surface area contributed by atoms with Crippen molar-refractivity contribution in [2.45, 2.75) is 39.2 Å². The molecule has 0 spiro atoms. The summed E-state index contributed by atoms with van der Waals surface area (Å²) in [6.07, 6.45) is 3.11. The van der Waals surface area contributed by atoms with E-state index < -0.39 is 0 Å². The molecule has 128 valence electrons. The molecule has 0 aromatic carbocycles. The molecule has 1 amide bonds. The van der Waals surface area contributed by atoms with Gasteiger partial charge in [-0.15, -0.1) is 0 Å². The SMILES string of the molecule is CC(CN1CCN(C)CC1)NC(=O)CC(C)C1CCNCC1. The molecule has 0 saturated carbocycles. The van der Waals surface area contributed by atoms with Crippen LogP contribution in [-0.4, -0.2) is 74.6 Å². The van der Waals surface area contributed by atoms with E-state index in [1.807, 2.05) is 0 Å². The summed E-state index contributed by atoms with van der Waals surface area (Å²) in [5.41, 5.74) is 0. The topological polar surface area (TPSA) is 47.6 Å². The maximum atomic E-state index is 12.2. The van der Waals surface area contributed by atoms with Gasteiger partial charge in [0.2, 0.25) is 5.91 Å². The molecular weight excluding hydrogens is 276 g/mol. The lowest BCUT2D eigenvalue weighted by Gasteiger charge is -2.34. The van der Waals surface area contributed by atoms with Crippen molar-refractivity contribution in [3.63, 3.8) is 0 Å². The van der Waals surface area contributed by atoms with Crippen LogP contribution < -0.4 is 10.6 Å². The summed E-state index contributed by atoms with van der Waals surface area (Å²) in [7, 11) is 2.17. The van der Waals surface area contributed by atoms with Crippen LogP contribution in [0.4, 0.5) is 0 Å². The Morgan fingerprint density at radius 1 is 1.18 bits per heavy atom. The number of hydrogen-bond acceptors (Lipinski definition) is 4. The van der Waals surface area contributed by atoms with Crippen molar-refractivity contribution in [1.29, 1.82) is 0 Å². The lowest BCUT2D eigenvalue weighted by Crippen LogP contribution is -2.49. The first kappa shape index (κ1) is 17.7. The molecule has 2 rings (SSSR count). The van der Waals surface area contributed by atoms with Crippen molar-refractivity contribution in [1.82, 2.24) is 20.4 Å². The monoisotopic (exact) mass is 310 g/mol. The van der Waals surface area contributed by atoms with Crippen LogP contribution >= 0.6 is 0 Å². The highest BCUT2D eigenvalue weighted by atomic mass is 16.1. The number of rotatable bonds is 6. The molecule has 2 aliphatic rings. The lowest BCUT2D eigenvalue weighted by molar-refractivity contribution is -0.123. The zero-order valence-corrected chi connectivity index (χ0v) is 14.6. The van der Waals surface area contributed by atoms with Crippen LogP contribution in [0.3, 0.4) is 0 Å². The summed E-state index contributed by atoms with van der Waals surface area (Å²) in [6, 6.07) is 0.246. The Hall–Kier alpha value is -0.650. The molecule has 0 aromatic rings. The van der Waals surface area contributed by atoms with Crippen LogP contribution in [-0.2, 0) is 4.79 Å². The quantitative estimate of drug-likeness (QED) is 0.761. The van der Waals surface area contributed by atoms with E-state index in [1.165, 1.54) is 12.8 Å². The molecule has 0 aromatic heterocycles. The largest absolute Gasteiger partial charge is 0.352 e. The van der Waals surface area contributed by atoms with Gasteiger partial charge in [0.05, 0.1) is 0 Å². The Morgan fingerprint density at radius 3 is 2.45 bits per heavy atom. The van der Waals surface area contributed by atoms with E-state index in [4.69, 9.17) is 0 Å². The number of likely N-dealkylation sites (N-methyl/N-ethyl adjacent to an activating group) is 1. The third-order valence-electron chi connectivity index (χ3n) is 5.23. The highest BCUT2D eigenvalue weighted by molar-refractivity contribution is 5.76. The van der Waals surface area contributed by atoms with Crippen LogP contribution in [0.2, 0.25) is 0 Å². The zero-order chi connectivity index (χ0) is 15.9. The summed E-state index contributed by atoms with van der Waals surface area (Å²) in [5.74, 6) is 1.44. The predicted octanol–water partition coefficient (Wildman–Crippen LogP) is 0.764. The average Bonchev–Trinajstić information content (AvgIpc) is 2.50. The van der Waals surface area contributed by atoms with Gasteiger partial charge in [0.15, 0.2) is 0 Å². The first-order valence-corrected chi connectivity index (χ1v) is 8.95. The van der Waals surface area contributed by atoms with Crippen molar-refractivity contribution in [2.75, 3.05) is 52.9 Å². The Balaban J connectivity index is 1.65. The number of carbonyl (C=O) groups excluding carboxylic acids is 1. The van der Waals surface area contributed by atoms with Crippen molar-refractivity contribution >= 4 is 5.91 Å². The average molecular weight is 310 g/mol. The van der Waals surface area contributed by atoms with Gasteiger partial charge in [-0.25, -0.2) is 0 Å². The second-order valence-corrected chi connectivity index (χ2v) is 7.34. The minimum absolute atomic E-state index is 0.229. The molecule has 2 N–H and O–H groups in total. The highest BCUT2D eigenvalue weighted by Crippen LogP contribution is 2.24. The fourth-order valence-electron chi connectivity index (χ4n) is 3.67. The van der Waals surface area contributed by atoms with Crippen LogP contribution in [0.5, 0.6) is 0 Å². The van der Waals surface area contributed by atoms with Crippen LogP contribution in [0, 0.1) is 11.8 Å². The molecule has 2 heterocycles. The number of piperazine rings is 1. The number of nitrogens with one attached hydrogen (secondary N) is 2. The lowest BCUT2D eigenvalue weighted by atomic mass is 9.84. The third-order valence-corrected chi connectivity index (χ3v) is 5.23. The van der Waals surface area contributed by atoms with E-state index in [0.29, 0.717) is 18.3 Å². The summed E-state index contributed by atoms with van der Waals surface area (Å²) in [4.78, 5) is 17.1. The number of piperidine rings is 1. The van der Waals surface area contributed by atoms with Crippen LogP contribution in [0.1, 0.15) is 33.1 Å². The first-order chi connectivity index (χ1) is 10.5. The van der Waals surface area contributed by atoms with Crippen molar-refractivity contribution in [3.8, 4) is 0 Å².